The van der Waals surface area contributed by atoms with E-state index in [0.717, 1.165) is 5.75 Å². The van der Waals surface area contributed by atoms with Crippen molar-refractivity contribution < 1.29 is 9.32 Å². The van der Waals surface area contributed by atoms with Gasteiger partial charge in [-0.15, -0.1) is 11.8 Å². The van der Waals surface area contributed by atoms with Gasteiger partial charge in [0, 0.05) is 35.4 Å². The molecule has 0 bridgehead atoms. The van der Waals surface area contributed by atoms with Crippen LogP contribution in [-0.2, 0) is 16.6 Å². The highest BCUT2D eigenvalue weighted by Crippen LogP contribution is 2.19. The predicted octanol–water partition coefficient (Wildman–Crippen LogP) is 3.91. The highest BCUT2D eigenvalue weighted by molar-refractivity contribution is 7.99. The molecule has 5 nitrogen and oxygen atoms in total. The fourth-order valence-electron chi connectivity index (χ4n) is 2.14. The summed E-state index contributed by atoms with van der Waals surface area (Å²) in [5, 5.41) is 6.94. The van der Waals surface area contributed by atoms with Crippen LogP contribution in [-0.4, -0.2) is 28.3 Å². The molecule has 0 radical (unpaired) electrons. The molecule has 0 aliphatic rings. The lowest BCUT2D eigenvalue weighted by Gasteiger charge is -2.10. The first-order chi connectivity index (χ1) is 11.8. The maximum Gasteiger partial charge on any atom is 0.226 e. The summed E-state index contributed by atoms with van der Waals surface area (Å²) in [7, 11) is 0. The number of carbonyl (C=O) groups is 1. The number of nitrogens with zero attached hydrogens (tertiary/aromatic N) is 2. The first-order valence-corrected chi connectivity index (χ1v) is 9.62. The lowest BCUT2D eigenvalue weighted by Crippen LogP contribution is -2.25. The van der Waals surface area contributed by atoms with Crippen LogP contribution in [0.4, 0.5) is 0 Å². The predicted molar refractivity (Wildman–Crippen MR) is 101 cm³/mol. The van der Waals surface area contributed by atoms with E-state index >= 15 is 0 Å². The Labute approximate surface area is 154 Å². The second-order valence-electron chi connectivity index (χ2n) is 7.13. The van der Waals surface area contributed by atoms with Gasteiger partial charge in [-0.3, -0.25) is 4.79 Å². The molecule has 136 valence electrons. The minimum absolute atomic E-state index is 0.0695. The number of nitrogens with one attached hydrogen (secondary N) is 1. The van der Waals surface area contributed by atoms with Crippen molar-refractivity contribution in [3.63, 3.8) is 0 Å². The molecular formula is C19H27N3O2S. The zero-order valence-electron chi connectivity index (χ0n) is 15.5. The van der Waals surface area contributed by atoms with E-state index < -0.39 is 0 Å². The highest BCUT2D eigenvalue weighted by Gasteiger charge is 2.20. The molecule has 1 aromatic heterocycles. The van der Waals surface area contributed by atoms with Crippen LogP contribution >= 0.6 is 11.8 Å². The summed E-state index contributed by atoms with van der Waals surface area (Å²) in [6.45, 7) is 8.89. The first-order valence-electron chi connectivity index (χ1n) is 8.64. The summed E-state index contributed by atoms with van der Waals surface area (Å²) in [5.41, 5.74) is 1.14. The number of carbonyl (C=O) groups excluding carboxylic acids is 1. The molecule has 0 saturated heterocycles. The molecule has 1 aromatic carbocycles. The zero-order chi connectivity index (χ0) is 18.3. The van der Waals surface area contributed by atoms with Crippen molar-refractivity contribution in [1.29, 1.82) is 0 Å². The zero-order valence-corrected chi connectivity index (χ0v) is 16.3. The average molecular weight is 362 g/mol. The van der Waals surface area contributed by atoms with Crippen LogP contribution < -0.4 is 5.32 Å². The summed E-state index contributed by atoms with van der Waals surface area (Å²) >= 11 is 1.75. The molecule has 1 amide bonds. The molecule has 0 spiro atoms. The number of aromatic nitrogens is 2. The van der Waals surface area contributed by atoms with E-state index in [1.54, 1.807) is 11.8 Å². The third kappa shape index (κ3) is 6.90. The van der Waals surface area contributed by atoms with Crippen LogP contribution in [0.3, 0.4) is 0 Å². The molecule has 2 aromatic rings. The topological polar surface area (TPSA) is 68.0 Å². The Morgan fingerprint density at radius 1 is 1.24 bits per heavy atom. The summed E-state index contributed by atoms with van der Waals surface area (Å²) in [6.07, 6.45) is 1.82. The van der Waals surface area contributed by atoms with Crippen LogP contribution in [0.25, 0.3) is 0 Å². The van der Waals surface area contributed by atoms with E-state index in [0.29, 0.717) is 37.5 Å². The van der Waals surface area contributed by atoms with E-state index in [4.69, 9.17) is 4.52 Å². The second kappa shape index (κ2) is 9.04. The third-order valence-corrected chi connectivity index (χ3v) is 4.66. The lowest BCUT2D eigenvalue weighted by atomic mass is 9.96. The largest absolute Gasteiger partial charge is 0.355 e. The van der Waals surface area contributed by atoms with Crippen molar-refractivity contribution >= 4 is 17.7 Å². The molecule has 6 heteroatoms. The normalized spacial score (nSPS) is 11.5. The van der Waals surface area contributed by atoms with Crippen LogP contribution in [0, 0.1) is 6.92 Å². The second-order valence-corrected chi connectivity index (χ2v) is 8.30. The number of amides is 1. The van der Waals surface area contributed by atoms with Crippen LogP contribution in [0.15, 0.2) is 33.7 Å². The maximum atomic E-state index is 11.9. The van der Waals surface area contributed by atoms with Gasteiger partial charge in [0.05, 0.1) is 0 Å². The third-order valence-electron chi connectivity index (χ3n) is 3.65. The van der Waals surface area contributed by atoms with Crippen molar-refractivity contribution in [2.24, 2.45) is 0 Å². The van der Waals surface area contributed by atoms with Gasteiger partial charge in [0.25, 0.3) is 0 Å². The van der Waals surface area contributed by atoms with Gasteiger partial charge in [-0.05, 0) is 25.5 Å². The van der Waals surface area contributed by atoms with Crippen molar-refractivity contribution in [3.05, 3.63) is 41.5 Å². The van der Waals surface area contributed by atoms with Crippen LogP contribution in [0.1, 0.15) is 50.9 Å². The van der Waals surface area contributed by atoms with Crippen LogP contribution in [0.2, 0.25) is 0 Å². The standard InChI is InChI=1S/C19H27N3O2S/c1-14-8-10-15(11-9-14)25-13-12-20-16(23)6-5-7-17-21-18(22-24-17)19(2,3)4/h8-11H,5-7,12-13H2,1-4H3,(H,20,23). The van der Waals surface area contributed by atoms with Crippen molar-refractivity contribution in [3.8, 4) is 0 Å². The molecule has 0 unspecified atom stereocenters. The summed E-state index contributed by atoms with van der Waals surface area (Å²) in [6, 6.07) is 8.42. The van der Waals surface area contributed by atoms with E-state index in [-0.39, 0.29) is 11.3 Å². The molecule has 0 aliphatic carbocycles. The van der Waals surface area contributed by atoms with E-state index in [9.17, 15) is 4.79 Å². The number of thioether (sulfide) groups is 1. The van der Waals surface area contributed by atoms with Crippen LogP contribution in [0.5, 0.6) is 0 Å². The van der Waals surface area contributed by atoms with E-state index in [1.807, 2.05) is 20.8 Å². The van der Waals surface area contributed by atoms with Gasteiger partial charge in [0.2, 0.25) is 11.8 Å². The Hall–Kier alpha value is -1.82. The highest BCUT2D eigenvalue weighted by atomic mass is 32.2. The fraction of sp³-hybridized carbons (Fsp3) is 0.526. The van der Waals surface area contributed by atoms with Gasteiger partial charge in [-0.1, -0.05) is 43.6 Å². The first kappa shape index (κ1) is 19.5. The van der Waals surface area contributed by atoms with Crippen molar-refractivity contribution in [1.82, 2.24) is 15.5 Å². The molecule has 2 rings (SSSR count). The van der Waals surface area contributed by atoms with E-state index in [1.165, 1.54) is 10.5 Å². The Bertz CT molecular complexity index is 675. The molecule has 0 fully saturated rings. The molecule has 25 heavy (non-hydrogen) atoms. The minimum atomic E-state index is -0.117. The van der Waals surface area contributed by atoms with Gasteiger partial charge < -0.3 is 9.84 Å². The number of benzene rings is 1. The quantitative estimate of drug-likeness (QED) is 0.570. The number of hydrogen-bond donors (Lipinski definition) is 1. The van der Waals surface area contributed by atoms with Gasteiger partial charge >= 0.3 is 0 Å². The Kier molecular flexibility index (Phi) is 7.05. The Morgan fingerprint density at radius 2 is 1.96 bits per heavy atom. The molecule has 1 heterocycles. The SMILES string of the molecule is Cc1ccc(SCCNC(=O)CCCc2nc(C(C)(C)C)no2)cc1. The Balaban J connectivity index is 1.59. The molecule has 0 atom stereocenters. The van der Waals surface area contributed by atoms with Gasteiger partial charge in [0.15, 0.2) is 5.82 Å². The molecular weight excluding hydrogens is 334 g/mol. The summed E-state index contributed by atoms with van der Waals surface area (Å²) < 4.78 is 5.23. The van der Waals surface area contributed by atoms with E-state index in [2.05, 4.69) is 46.6 Å². The summed E-state index contributed by atoms with van der Waals surface area (Å²) in [4.78, 5) is 17.5. The van der Waals surface area contributed by atoms with Crippen molar-refractivity contribution in [2.75, 3.05) is 12.3 Å². The monoisotopic (exact) mass is 361 g/mol. The molecule has 1 N–H and O–H groups in total. The number of hydrogen-bond acceptors (Lipinski definition) is 5. The maximum absolute atomic E-state index is 11.9. The average Bonchev–Trinajstić information content (AvgIpc) is 3.02. The molecule has 0 saturated carbocycles. The number of rotatable bonds is 8. The van der Waals surface area contributed by atoms with Gasteiger partial charge in [-0.25, -0.2) is 0 Å². The Morgan fingerprint density at radius 3 is 2.60 bits per heavy atom. The summed E-state index contributed by atoms with van der Waals surface area (Å²) in [5.74, 6) is 2.25. The smallest absolute Gasteiger partial charge is 0.226 e. The minimum Gasteiger partial charge on any atom is -0.355 e. The fourth-order valence-corrected chi connectivity index (χ4v) is 2.91. The molecule has 0 aliphatic heterocycles. The van der Waals surface area contributed by atoms with Gasteiger partial charge in [0.1, 0.15) is 0 Å². The van der Waals surface area contributed by atoms with Crippen molar-refractivity contribution in [2.45, 2.75) is 57.3 Å². The van der Waals surface area contributed by atoms with Gasteiger partial charge in [-0.2, -0.15) is 4.98 Å². The number of aryl methyl sites for hydroxylation is 2. The lowest BCUT2D eigenvalue weighted by molar-refractivity contribution is -0.121.